The number of nitrogens with one attached hydrogen (secondary N) is 2. The summed E-state index contributed by atoms with van der Waals surface area (Å²) in [5.74, 6) is 0.978. The van der Waals surface area contributed by atoms with Crippen molar-refractivity contribution in [3.8, 4) is 0 Å². The zero-order valence-corrected chi connectivity index (χ0v) is 18.2. The second kappa shape index (κ2) is 16.8. The highest BCUT2D eigenvalue weighted by Gasteiger charge is 2.02. The summed E-state index contributed by atoms with van der Waals surface area (Å²) in [7, 11) is -1.13. The molecule has 2 N–H and O–H groups in total. The van der Waals surface area contributed by atoms with Crippen LogP contribution in [0.15, 0.2) is 4.99 Å². The van der Waals surface area contributed by atoms with Crippen molar-refractivity contribution in [2.75, 3.05) is 32.1 Å². The van der Waals surface area contributed by atoms with E-state index in [1.54, 1.807) is 7.05 Å². The summed E-state index contributed by atoms with van der Waals surface area (Å²) < 4.78 is 22.1. The van der Waals surface area contributed by atoms with E-state index >= 15 is 0 Å². The summed E-state index contributed by atoms with van der Waals surface area (Å²) >= 11 is 0. The second-order valence-corrected chi connectivity index (χ2v) is 8.14. The van der Waals surface area contributed by atoms with Crippen molar-refractivity contribution >= 4 is 39.8 Å². The van der Waals surface area contributed by atoms with Gasteiger partial charge in [-0.05, 0) is 12.8 Å². The molecule has 0 aromatic heterocycles. The Morgan fingerprint density at radius 1 is 0.870 bits per heavy atom. The van der Waals surface area contributed by atoms with Crippen molar-refractivity contribution in [3.63, 3.8) is 0 Å². The largest absolute Gasteiger partial charge is 0.356 e. The predicted molar refractivity (Wildman–Crippen MR) is 112 cm³/mol. The van der Waals surface area contributed by atoms with Crippen molar-refractivity contribution in [2.45, 2.75) is 64.7 Å². The van der Waals surface area contributed by atoms with E-state index in [0.29, 0.717) is 13.0 Å². The molecule has 5 nitrogen and oxygen atoms in total. The van der Waals surface area contributed by atoms with Gasteiger partial charge in [0.15, 0.2) is 5.96 Å². The summed E-state index contributed by atoms with van der Waals surface area (Å²) in [4.78, 5) is 4.13. The van der Waals surface area contributed by atoms with Crippen LogP contribution in [-0.2, 0) is 9.84 Å². The smallest absolute Gasteiger partial charge is 0.190 e. The average Bonchev–Trinajstić information content (AvgIpc) is 2.46. The van der Waals surface area contributed by atoms with Gasteiger partial charge in [0.2, 0.25) is 0 Å². The molecule has 0 radical (unpaired) electrons. The molecule has 0 atom stereocenters. The van der Waals surface area contributed by atoms with Crippen LogP contribution in [0.1, 0.15) is 64.7 Å². The zero-order valence-electron chi connectivity index (χ0n) is 15.1. The van der Waals surface area contributed by atoms with Crippen LogP contribution in [0, 0.1) is 0 Å². The molecule has 0 aromatic rings. The minimum atomic E-state index is -2.86. The van der Waals surface area contributed by atoms with Gasteiger partial charge in [0.25, 0.3) is 0 Å². The molecule has 0 aliphatic rings. The Balaban J connectivity index is 0. The molecule has 0 saturated heterocycles. The monoisotopic (exact) mass is 461 g/mol. The Kier molecular flexibility index (Phi) is 18.4. The third kappa shape index (κ3) is 19.9. The minimum Gasteiger partial charge on any atom is -0.356 e. The first kappa shape index (κ1) is 25.2. The molecule has 0 saturated carbocycles. The van der Waals surface area contributed by atoms with E-state index in [4.69, 9.17) is 0 Å². The number of nitrogens with zero attached hydrogens (tertiary/aromatic N) is 1. The van der Waals surface area contributed by atoms with Crippen LogP contribution in [0.4, 0.5) is 0 Å². The van der Waals surface area contributed by atoms with Crippen molar-refractivity contribution in [2.24, 2.45) is 4.99 Å². The van der Waals surface area contributed by atoms with Crippen molar-refractivity contribution in [3.05, 3.63) is 0 Å². The van der Waals surface area contributed by atoms with Crippen LogP contribution in [0.25, 0.3) is 0 Å². The molecule has 140 valence electrons. The first-order chi connectivity index (χ1) is 10.5. The van der Waals surface area contributed by atoms with Gasteiger partial charge in [-0.1, -0.05) is 51.9 Å². The standard InChI is InChI=1S/C16H35N3O2S.HI/c1-4-5-6-7-8-9-10-11-13-18-16(17-2)19-14-12-15-22(3,20)21;/h4-15H2,1-3H3,(H2,17,18,19);1H. The van der Waals surface area contributed by atoms with Crippen LogP contribution in [0.2, 0.25) is 0 Å². The highest BCUT2D eigenvalue weighted by atomic mass is 127. The van der Waals surface area contributed by atoms with Gasteiger partial charge in [0.1, 0.15) is 9.84 Å². The van der Waals surface area contributed by atoms with Crippen molar-refractivity contribution in [1.29, 1.82) is 0 Å². The Bertz CT molecular complexity index is 387. The van der Waals surface area contributed by atoms with Gasteiger partial charge in [0, 0.05) is 26.4 Å². The lowest BCUT2D eigenvalue weighted by Gasteiger charge is -2.11. The maximum absolute atomic E-state index is 11.0. The number of sulfone groups is 1. The molecule has 0 bridgehead atoms. The number of guanidine groups is 1. The summed E-state index contributed by atoms with van der Waals surface area (Å²) in [5.41, 5.74) is 0. The number of unbranched alkanes of at least 4 members (excludes halogenated alkanes) is 7. The quantitative estimate of drug-likeness (QED) is 0.191. The number of halogens is 1. The molecule has 0 fully saturated rings. The molecular weight excluding hydrogens is 425 g/mol. The second-order valence-electron chi connectivity index (χ2n) is 5.88. The summed E-state index contributed by atoms with van der Waals surface area (Å²) in [6.45, 7) is 3.79. The van der Waals surface area contributed by atoms with Gasteiger partial charge in [-0.15, -0.1) is 24.0 Å². The Morgan fingerprint density at radius 2 is 1.35 bits per heavy atom. The summed E-state index contributed by atoms with van der Waals surface area (Å²) in [6.07, 6.45) is 12.3. The topological polar surface area (TPSA) is 70.6 Å². The lowest BCUT2D eigenvalue weighted by molar-refractivity contribution is 0.571. The highest BCUT2D eigenvalue weighted by molar-refractivity contribution is 14.0. The van der Waals surface area contributed by atoms with Gasteiger partial charge in [-0.25, -0.2) is 8.42 Å². The van der Waals surface area contributed by atoms with Crippen LogP contribution in [0.5, 0.6) is 0 Å². The number of hydrogen-bond acceptors (Lipinski definition) is 3. The maximum atomic E-state index is 11.0. The third-order valence-electron chi connectivity index (χ3n) is 3.53. The van der Waals surface area contributed by atoms with E-state index in [2.05, 4.69) is 22.5 Å². The molecule has 0 amide bonds. The van der Waals surface area contributed by atoms with Gasteiger partial charge < -0.3 is 10.6 Å². The highest BCUT2D eigenvalue weighted by Crippen LogP contribution is 2.07. The van der Waals surface area contributed by atoms with E-state index < -0.39 is 9.84 Å². The van der Waals surface area contributed by atoms with Crippen molar-refractivity contribution in [1.82, 2.24) is 10.6 Å². The number of rotatable bonds is 13. The molecule has 0 aliphatic heterocycles. The Hall–Kier alpha value is -0.0500. The molecule has 0 unspecified atom stereocenters. The van der Waals surface area contributed by atoms with Crippen LogP contribution >= 0.6 is 24.0 Å². The van der Waals surface area contributed by atoms with Gasteiger partial charge in [-0.2, -0.15) is 0 Å². The first-order valence-electron chi connectivity index (χ1n) is 8.62. The molecule has 0 heterocycles. The van der Waals surface area contributed by atoms with Crippen LogP contribution in [-0.4, -0.2) is 46.5 Å². The molecule has 0 spiro atoms. The number of aliphatic imine (C=N–C) groups is 1. The Morgan fingerprint density at radius 3 is 1.83 bits per heavy atom. The van der Waals surface area contributed by atoms with Gasteiger partial charge in [0.05, 0.1) is 5.75 Å². The molecular formula is C16H36IN3O2S. The van der Waals surface area contributed by atoms with Crippen molar-refractivity contribution < 1.29 is 8.42 Å². The SMILES string of the molecule is CCCCCCCCCCNC(=NC)NCCCS(C)(=O)=O.I. The lowest BCUT2D eigenvalue weighted by atomic mass is 10.1. The Labute approximate surface area is 160 Å². The molecule has 0 aliphatic carbocycles. The molecule has 7 heteroatoms. The molecule has 0 aromatic carbocycles. The normalized spacial score (nSPS) is 11.9. The van der Waals surface area contributed by atoms with Crippen LogP contribution in [0.3, 0.4) is 0 Å². The first-order valence-corrected chi connectivity index (χ1v) is 10.7. The fourth-order valence-electron chi connectivity index (χ4n) is 2.23. The number of hydrogen-bond donors (Lipinski definition) is 2. The van der Waals surface area contributed by atoms with Crippen LogP contribution < -0.4 is 10.6 Å². The third-order valence-corrected chi connectivity index (χ3v) is 4.56. The molecule has 23 heavy (non-hydrogen) atoms. The van der Waals surface area contributed by atoms with E-state index in [0.717, 1.165) is 18.9 Å². The maximum Gasteiger partial charge on any atom is 0.190 e. The fourth-order valence-corrected chi connectivity index (χ4v) is 2.90. The summed E-state index contributed by atoms with van der Waals surface area (Å²) in [6, 6.07) is 0. The lowest BCUT2D eigenvalue weighted by Crippen LogP contribution is -2.38. The van der Waals surface area contributed by atoms with E-state index in [9.17, 15) is 8.42 Å². The predicted octanol–water partition coefficient (Wildman–Crippen LogP) is 3.34. The zero-order chi connectivity index (χ0) is 16.7. The van der Waals surface area contributed by atoms with E-state index in [-0.39, 0.29) is 29.7 Å². The minimum absolute atomic E-state index is 0. The van der Waals surface area contributed by atoms with Gasteiger partial charge in [-0.3, -0.25) is 4.99 Å². The van der Waals surface area contributed by atoms with E-state index in [1.807, 2.05) is 0 Å². The van der Waals surface area contributed by atoms with Gasteiger partial charge >= 0.3 is 0 Å². The average molecular weight is 461 g/mol. The van der Waals surface area contributed by atoms with E-state index in [1.165, 1.54) is 51.2 Å². The fraction of sp³-hybridized carbons (Fsp3) is 0.938. The summed E-state index contributed by atoms with van der Waals surface area (Å²) in [5, 5.41) is 6.41. The molecule has 0 rings (SSSR count).